The minimum Gasteiger partial charge on any atom is -0.444 e. The summed E-state index contributed by atoms with van der Waals surface area (Å²) in [5.41, 5.74) is 7.60. The van der Waals surface area contributed by atoms with Crippen molar-refractivity contribution in [3.63, 3.8) is 0 Å². The molecule has 0 unspecified atom stereocenters. The van der Waals surface area contributed by atoms with Gasteiger partial charge in [-0.05, 0) is 39.0 Å². The van der Waals surface area contributed by atoms with Crippen LogP contribution in [0.5, 0.6) is 0 Å². The third kappa shape index (κ3) is 3.72. The Kier molecular flexibility index (Phi) is 4.73. The van der Waals surface area contributed by atoms with E-state index < -0.39 is 11.7 Å². The maximum atomic E-state index is 12.9. The number of nitrogens with one attached hydrogen (secondary N) is 1. The van der Waals surface area contributed by atoms with E-state index in [-0.39, 0.29) is 12.3 Å². The van der Waals surface area contributed by atoms with E-state index in [2.05, 4.69) is 15.3 Å². The summed E-state index contributed by atoms with van der Waals surface area (Å²) in [4.78, 5) is 20.6. The van der Waals surface area contributed by atoms with E-state index in [0.717, 1.165) is 0 Å². The number of nitrogens with two attached hydrogens (primary N) is 1. The van der Waals surface area contributed by atoms with E-state index in [1.54, 1.807) is 51.2 Å². The summed E-state index contributed by atoms with van der Waals surface area (Å²) in [6.45, 7) is 5.33. The number of amides is 1. The van der Waals surface area contributed by atoms with Gasteiger partial charge in [0.05, 0.1) is 11.4 Å². The van der Waals surface area contributed by atoms with Crippen LogP contribution < -0.4 is 11.1 Å². The average molecular weight is 375 g/mol. The van der Waals surface area contributed by atoms with Crippen LogP contribution in [-0.4, -0.2) is 25.6 Å². The number of aromatic nitrogens is 3. The first-order valence-electron chi connectivity index (χ1n) is 7.80. The lowest BCUT2D eigenvalue weighted by Crippen LogP contribution is -2.27. The van der Waals surface area contributed by atoms with E-state index >= 15 is 0 Å². The Morgan fingerprint density at radius 2 is 2.12 bits per heavy atom. The maximum absolute atomic E-state index is 12.9. The summed E-state index contributed by atoms with van der Waals surface area (Å²) in [6, 6.07) is 6.82. The Hall–Kier alpha value is -2.81. The maximum Gasteiger partial charge on any atom is 0.413 e. The first kappa shape index (κ1) is 18.0. The lowest BCUT2D eigenvalue weighted by atomic mass is 10.1. The molecule has 3 heterocycles. The molecule has 0 aliphatic rings. The van der Waals surface area contributed by atoms with Gasteiger partial charge in [0, 0.05) is 23.3 Å². The number of anilines is 2. The summed E-state index contributed by atoms with van der Waals surface area (Å²) in [5.74, 6) is 0.327. The highest BCUT2D eigenvalue weighted by Crippen LogP contribution is 2.32. The van der Waals surface area contributed by atoms with Crippen molar-refractivity contribution < 1.29 is 13.4 Å². The van der Waals surface area contributed by atoms with Gasteiger partial charge in [-0.3, -0.25) is 5.32 Å². The quantitative estimate of drug-likeness (QED) is 0.704. The molecule has 0 aliphatic heterocycles. The monoisotopic (exact) mass is 375 g/mol. The highest BCUT2D eigenvalue weighted by atomic mass is 32.2. The third-order valence-corrected chi connectivity index (χ3v) is 3.89. The van der Waals surface area contributed by atoms with Crippen LogP contribution in [0.2, 0.25) is 0 Å². The van der Waals surface area contributed by atoms with Crippen LogP contribution in [-0.2, 0) is 4.74 Å². The van der Waals surface area contributed by atoms with Crippen molar-refractivity contribution in [3.8, 4) is 11.3 Å². The zero-order valence-corrected chi connectivity index (χ0v) is 15.3. The fourth-order valence-corrected chi connectivity index (χ4v) is 2.72. The van der Waals surface area contributed by atoms with E-state index in [4.69, 9.17) is 10.5 Å². The molecule has 0 atom stereocenters. The number of carbonyl (C=O) groups excluding carboxylic acids is 1. The number of hydrogen-bond acceptors (Lipinski definition) is 6. The van der Waals surface area contributed by atoms with E-state index in [1.807, 2.05) is 0 Å². The van der Waals surface area contributed by atoms with E-state index in [1.165, 1.54) is 10.2 Å². The van der Waals surface area contributed by atoms with E-state index in [0.29, 0.717) is 33.8 Å². The zero-order valence-electron chi connectivity index (χ0n) is 14.5. The number of nitrogens with zero attached hydrogens (tertiary/aromatic N) is 3. The van der Waals surface area contributed by atoms with Gasteiger partial charge >= 0.3 is 6.09 Å². The molecule has 0 spiro atoms. The number of hydrogen-bond donors (Lipinski definition) is 2. The second-order valence-electron chi connectivity index (χ2n) is 6.57. The summed E-state index contributed by atoms with van der Waals surface area (Å²) in [5, 5.41) is 3.21. The van der Waals surface area contributed by atoms with Crippen molar-refractivity contribution in [2.24, 2.45) is 0 Å². The molecule has 7 nitrogen and oxygen atoms in total. The molecule has 3 N–H and O–H groups in total. The first-order valence-corrected chi connectivity index (χ1v) is 8.48. The highest BCUT2D eigenvalue weighted by molar-refractivity contribution is 7.92. The van der Waals surface area contributed by atoms with Gasteiger partial charge in [-0.25, -0.2) is 18.7 Å². The smallest absolute Gasteiger partial charge is 0.413 e. The number of fused-ring (bicyclic) bond motifs is 1. The number of carbonyl (C=O) groups is 1. The summed E-state index contributed by atoms with van der Waals surface area (Å²) in [7, 11) is 0. The highest BCUT2D eigenvalue weighted by Gasteiger charge is 2.17. The van der Waals surface area contributed by atoms with Crippen LogP contribution in [0.25, 0.3) is 22.3 Å². The molecule has 0 saturated heterocycles. The molecule has 0 fully saturated rings. The number of halogens is 1. The molecule has 0 radical (unpaired) electrons. The fraction of sp³-hybridized carbons (Fsp3) is 0.235. The van der Waals surface area contributed by atoms with Gasteiger partial charge in [-0.1, -0.05) is 6.07 Å². The van der Waals surface area contributed by atoms with Gasteiger partial charge in [-0.2, -0.15) is 0 Å². The first-order chi connectivity index (χ1) is 12.3. The molecular formula is C17H18FN5O2S. The topological polar surface area (TPSA) is 95.1 Å². The molecule has 3 aromatic heterocycles. The zero-order chi connectivity index (χ0) is 18.9. The molecule has 9 heteroatoms. The number of ether oxygens (including phenoxy) is 1. The molecule has 0 bridgehead atoms. The predicted molar refractivity (Wildman–Crippen MR) is 101 cm³/mol. The van der Waals surface area contributed by atoms with Crippen molar-refractivity contribution in [1.29, 1.82) is 0 Å². The molecular weight excluding hydrogens is 357 g/mol. The molecule has 0 aliphatic carbocycles. The standard InChI is InChI=1S/C17H18FN5O2S/c1-17(2,3)25-16(24)22-13-6-4-5-12(21-13)11-9-20-15-10(14(11)19)7-8-23(15)26-18/h4-9H,1-3H3,(H2,19,20)(H,21,22,24). The average Bonchev–Trinajstić information content (AvgIpc) is 2.97. The molecule has 1 amide bonds. The van der Waals surface area contributed by atoms with Gasteiger partial charge in [0.25, 0.3) is 0 Å². The largest absolute Gasteiger partial charge is 0.444 e. The molecule has 0 saturated carbocycles. The Labute approximate surface area is 154 Å². The third-order valence-electron chi connectivity index (χ3n) is 3.45. The van der Waals surface area contributed by atoms with Crippen molar-refractivity contribution in [1.82, 2.24) is 13.9 Å². The molecule has 0 aromatic carbocycles. The van der Waals surface area contributed by atoms with Gasteiger partial charge in [0.15, 0.2) is 18.0 Å². The number of rotatable bonds is 3. The van der Waals surface area contributed by atoms with Crippen LogP contribution in [0.4, 0.5) is 20.2 Å². The second kappa shape index (κ2) is 6.83. The van der Waals surface area contributed by atoms with Crippen LogP contribution in [0.1, 0.15) is 20.8 Å². The molecule has 3 aromatic rings. The lowest BCUT2D eigenvalue weighted by molar-refractivity contribution is 0.0635. The summed E-state index contributed by atoms with van der Waals surface area (Å²) >= 11 is 0.0506. The molecule has 26 heavy (non-hydrogen) atoms. The van der Waals surface area contributed by atoms with Gasteiger partial charge in [0.1, 0.15) is 11.4 Å². The fourth-order valence-electron chi connectivity index (χ4n) is 2.41. The summed E-state index contributed by atoms with van der Waals surface area (Å²) < 4.78 is 19.4. The SMILES string of the molecule is CC(C)(C)OC(=O)Nc1cccc(-c2cnc3c(ccn3SF)c2N)n1. The minimum absolute atomic E-state index is 0.0506. The molecule has 3 rings (SSSR count). The predicted octanol–water partition coefficient (Wildman–Crippen LogP) is 4.41. The lowest BCUT2D eigenvalue weighted by Gasteiger charge is -2.19. The van der Waals surface area contributed by atoms with Crippen molar-refractivity contribution >= 4 is 41.0 Å². The van der Waals surface area contributed by atoms with Crippen molar-refractivity contribution in [2.75, 3.05) is 11.1 Å². The van der Waals surface area contributed by atoms with Crippen molar-refractivity contribution in [2.45, 2.75) is 26.4 Å². The van der Waals surface area contributed by atoms with Gasteiger partial charge < -0.3 is 10.5 Å². The Balaban J connectivity index is 1.92. The van der Waals surface area contributed by atoms with Crippen molar-refractivity contribution in [3.05, 3.63) is 36.7 Å². The van der Waals surface area contributed by atoms with Crippen LogP contribution in [0.15, 0.2) is 36.7 Å². The number of nitrogen functional groups attached to an aromatic ring is 1. The van der Waals surface area contributed by atoms with Gasteiger partial charge in [0.2, 0.25) is 0 Å². The summed E-state index contributed by atoms with van der Waals surface area (Å²) in [6.07, 6.45) is 2.49. The normalized spacial score (nSPS) is 11.5. The van der Waals surface area contributed by atoms with Gasteiger partial charge in [-0.15, -0.1) is 3.89 Å². The molecule has 136 valence electrons. The van der Waals surface area contributed by atoms with Crippen LogP contribution in [0, 0.1) is 0 Å². The van der Waals surface area contributed by atoms with E-state index in [9.17, 15) is 8.68 Å². The Morgan fingerprint density at radius 1 is 1.35 bits per heavy atom. The Bertz CT molecular complexity index is 967. The minimum atomic E-state index is -0.608. The van der Waals surface area contributed by atoms with Crippen LogP contribution >= 0.6 is 12.3 Å². The Morgan fingerprint density at radius 3 is 2.81 bits per heavy atom. The second-order valence-corrected chi connectivity index (χ2v) is 7.10. The van der Waals surface area contributed by atoms with Crippen LogP contribution in [0.3, 0.4) is 0 Å². The number of pyridine rings is 2.